The Morgan fingerprint density at radius 3 is 2.79 bits per heavy atom. The molecule has 1 aromatic heterocycles. The molecule has 0 aliphatic rings. The number of hydrogen-bond acceptors (Lipinski definition) is 4. The predicted molar refractivity (Wildman–Crippen MR) is 69.6 cm³/mol. The molecule has 0 radical (unpaired) electrons. The highest BCUT2D eigenvalue weighted by atomic mass is 16.5. The first-order valence-electron chi connectivity index (χ1n) is 5.95. The Morgan fingerprint density at radius 1 is 1.42 bits per heavy atom. The number of carbonyl (C=O) groups is 1. The minimum absolute atomic E-state index is 0.352. The van der Waals surface area contributed by atoms with Crippen molar-refractivity contribution in [3.8, 4) is 5.75 Å². The van der Waals surface area contributed by atoms with Gasteiger partial charge in [-0.1, -0.05) is 6.92 Å². The minimum atomic E-state index is -1.02. The summed E-state index contributed by atoms with van der Waals surface area (Å²) in [5.41, 5.74) is 0.762. The van der Waals surface area contributed by atoms with E-state index in [4.69, 9.17) is 14.3 Å². The zero-order valence-electron chi connectivity index (χ0n) is 10.7. The van der Waals surface area contributed by atoms with Crippen LogP contribution in [0.4, 0.5) is 0 Å². The Balaban J connectivity index is 2.41. The number of aliphatic carboxylic acids is 1. The van der Waals surface area contributed by atoms with Gasteiger partial charge < -0.3 is 14.3 Å². The lowest BCUT2D eigenvalue weighted by Crippen LogP contribution is -2.25. The van der Waals surface area contributed by atoms with Crippen LogP contribution in [0.1, 0.15) is 18.9 Å². The van der Waals surface area contributed by atoms with Crippen LogP contribution in [-0.2, 0) is 4.79 Å². The third-order valence-electron chi connectivity index (χ3n) is 2.85. The standard InChI is InChI=1S/C14H14O5/c1-3-11(14(16)17)18-9-4-5-10-8(2)6-13(15)19-12(10)7-9/h4-7,11H,3H2,1-2H3,(H,16,17). The van der Waals surface area contributed by atoms with E-state index in [0.717, 1.165) is 10.9 Å². The van der Waals surface area contributed by atoms with Gasteiger partial charge in [-0.05, 0) is 31.0 Å². The Kier molecular flexibility index (Phi) is 3.55. The van der Waals surface area contributed by atoms with Gasteiger partial charge in [-0.25, -0.2) is 9.59 Å². The second-order valence-electron chi connectivity index (χ2n) is 4.26. The van der Waals surface area contributed by atoms with E-state index in [1.54, 1.807) is 19.1 Å². The van der Waals surface area contributed by atoms with E-state index in [2.05, 4.69) is 0 Å². The summed E-state index contributed by atoms with van der Waals surface area (Å²) in [7, 11) is 0. The molecule has 5 nitrogen and oxygen atoms in total. The maximum Gasteiger partial charge on any atom is 0.344 e. The summed E-state index contributed by atoms with van der Waals surface area (Å²) in [4.78, 5) is 22.2. The van der Waals surface area contributed by atoms with Gasteiger partial charge in [0.1, 0.15) is 11.3 Å². The number of aryl methyl sites for hydroxylation is 1. The molecule has 0 saturated carbocycles. The second-order valence-corrected chi connectivity index (χ2v) is 4.26. The summed E-state index contributed by atoms with van der Waals surface area (Å²) in [6.45, 7) is 3.54. The Hall–Kier alpha value is -2.30. The molecular formula is C14H14O5. The summed E-state index contributed by atoms with van der Waals surface area (Å²) in [6, 6.07) is 6.36. The zero-order chi connectivity index (χ0) is 14.0. The molecule has 0 fully saturated rings. The molecule has 0 aliphatic heterocycles. The molecule has 2 aromatic rings. The molecule has 100 valence electrons. The first-order chi connectivity index (χ1) is 9.01. The van der Waals surface area contributed by atoms with Crippen LogP contribution in [0.3, 0.4) is 0 Å². The number of fused-ring (bicyclic) bond motifs is 1. The molecule has 19 heavy (non-hydrogen) atoms. The monoisotopic (exact) mass is 262 g/mol. The van der Waals surface area contributed by atoms with Crippen molar-refractivity contribution in [1.82, 2.24) is 0 Å². The highest BCUT2D eigenvalue weighted by Gasteiger charge is 2.17. The van der Waals surface area contributed by atoms with Crippen LogP contribution in [-0.4, -0.2) is 17.2 Å². The first kappa shape index (κ1) is 13.1. The molecule has 1 unspecified atom stereocenters. The van der Waals surface area contributed by atoms with Crippen LogP contribution in [0.15, 0.2) is 33.5 Å². The van der Waals surface area contributed by atoms with E-state index < -0.39 is 17.7 Å². The molecule has 0 saturated heterocycles. The maximum absolute atomic E-state index is 11.3. The van der Waals surface area contributed by atoms with E-state index in [1.807, 2.05) is 6.92 Å². The van der Waals surface area contributed by atoms with Crippen LogP contribution in [0.25, 0.3) is 11.0 Å². The molecule has 5 heteroatoms. The third kappa shape index (κ3) is 2.76. The van der Waals surface area contributed by atoms with Gasteiger partial charge in [0.25, 0.3) is 0 Å². The Labute approximate surface area is 109 Å². The fourth-order valence-corrected chi connectivity index (χ4v) is 1.85. The van der Waals surface area contributed by atoms with Crippen LogP contribution < -0.4 is 10.4 Å². The van der Waals surface area contributed by atoms with Crippen molar-refractivity contribution in [2.24, 2.45) is 0 Å². The van der Waals surface area contributed by atoms with Gasteiger partial charge >= 0.3 is 11.6 Å². The van der Waals surface area contributed by atoms with Gasteiger partial charge in [-0.2, -0.15) is 0 Å². The Bertz CT molecular complexity index is 671. The molecule has 0 spiro atoms. The third-order valence-corrected chi connectivity index (χ3v) is 2.85. The van der Waals surface area contributed by atoms with Gasteiger partial charge in [0.15, 0.2) is 6.10 Å². The molecule has 1 heterocycles. The van der Waals surface area contributed by atoms with E-state index in [9.17, 15) is 9.59 Å². The summed E-state index contributed by atoms with van der Waals surface area (Å²) in [5.74, 6) is -0.649. The average molecular weight is 262 g/mol. The number of hydrogen-bond donors (Lipinski definition) is 1. The van der Waals surface area contributed by atoms with Crippen molar-refractivity contribution >= 4 is 16.9 Å². The number of rotatable bonds is 4. The lowest BCUT2D eigenvalue weighted by atomic mass is 10.1. The topological polar surface area (TPSA) is 76.7 Å². The molecule has 2 rings (SSSR count). The molecule has 0 bridgehead atoms. The first-order valence-corrected chi connectivity index (χ1v) is 5.95. The SMILES string of the molecule is CCC(Oc1ccc2c(C)cc(=O)oc2c1)C(=O)O. The summed E-state index contributed by atoms with van der Waals surface area (Å²) in [6.07, 6.45) is -0.556. The van der Waals surface area contributed by atoms with Crippen molar-refractivity contribution in [3.63, 3.8) is 0 Å². The molecule has 0 aliphatic carbocycles. The predicted octanol–water partition coefficient (Wildman–Crippen LogP) is 2.34. The van der Waals surface area contributed by atoms with Gasteiger partial charge in [-0.3, -0.25) is 0 Å². The van der Waals surface area contributed by atoms with Gasteiger partial charge in [-0.15, -0.1) is 0 Å². The quantitative estimate of drug-likeness (QED) is 0.856. The number of ether oxygens (including phenoxy) is 1. The van der Waals surface area contributed by atoms with E-state index >= 15 is 0 Å². The van der Waals surface area contributed by atoms with Gasteiger partial charge in [0.2, 0.25) is 0 Å². The summed E-state index contributed by atoms with van der Waals surface area (Å²) >= 11 is 0. The van der Waals surface area contributed by atoms with Crippen molar-refractivity contribution in [2.75, 3.05) is 0 Å². The van der Waals surface area contributed by atoms with Gasteiger partial charge in [0.05, 0.1) is 0 Å². The van der Waals surface area contributed by atoms with Crippen molar-refractivity contribution in [2.45, 2.75) is 26.4 Å². The van der Waals surface area contributed by atoms with Crippen LogP contribution in [0, 0.1) is 6.92 Å². The van der Waals surface area contributed by atoms with Crippen molar-refractivity contribution in [3.05, 3.63) is 40.2 Å². The largest absolute Gasteiger partial charge is 0.479 e. The number of benzene rings is 1. The lowest BCUT2D eigenvalue weighted by molar-refractivity contribution is -0.145. The van der Waals surface area contributed by atoms with Crippen molar-refractivity contribution in [1.29, 1.82) is 0 Å². The zero-order valence-corrected chi connectivity index (χ0v) is 10.7. The molecule has 1 atom stereocenters. The number of carboxylic acids is 1. The van der Waals surface area contributed by atoms with Crippen molar-refractivity contribution < 1.29 is 19.1 Å². The molecular weight excluding hydrogens is 248 g/mol. The second kappa shape index (κ2) is 5.14. The van der Waals surface area contributed by atoms with E-state index in [0.29, 0.717) is 17.8 Å². The highest BCUT2D eigenvalue weighted by Crippen LogP contribution is 2.23. The van der Waals surface area contributed by atoms with Crippen LogP contribution >= 0.6 is 0 Å². The van der Waals surface area contributed by atoms with Crippen LogP contribution in [0.2, 0.25) is 0 Å². The molecule has 1 aromatic carbocycles. The summed E-state index contributed by atoms with van der Waals surface area (Å²) < 4.78 is 10.4. The fraction of sp³-hybridized carbons (Fsp3) is 0.286. The van der Waals surface area contributed by atoms with Crippen LogP contribution in [0.5, 0.6) is 5.75 Å². The highest BCUT2D eigenvalue weighted by molar-refractivity contribution is 5.81. The normalized spacial score (nSPS) is 12.3. The maximum atomic E-state index is 11.3. The summed E-state index contributed by atoms with van der Waals surface area (Å²) in [5, 5.41) is 9.74. The number of carboxylic acid groups (broad SMARTS) is 1. The fourth-order valence-electron chi connectivity index (χ4n) is 1.85. The van der Waals surface area contributed by atoms with E-state index in [-0.39, 0.29) is 0 Å². The average Bonchev–Trinajstić information content (AvgIpc) is 2.34. The molecule has 0 amide bonds. The van der Waals surface area contributed by atoms with Gasteiger partial charge in [0, 0.05) is 17.5 Å². The Morgan fingerprint density at radius 2 is 2.16 bits per heavy atom. The van der Waals surface area contributed by atoms with E-state index in [1.165, 1.54) is 12.1 Å². The smallest absolute Gasteiger partial charge is 0.344 e. The lowest BCUT2D eigenvalue weighted by Gasteiger charge is -2.13. The minimum Gasteiger partial charge on any atom is -0.479 e. The molecule has 1 N–H and O–H groups in total.